The van der Waals surface area contributed by atoms with Crippen molar-refractivity contribution in [1.82, 2.24) is 29.5 Å². The van der Waals surface area contributed by atoms with E-state index in [2.05, 4.69) is 131 Å². The zero-order chi connectivity index (χ0) is 35.4. The summed E-state index contributed by atoms with van der Waals surface area (Å²) in [5.41, 5.74) is 13.9. The fourth-order valence-electron chi connectivity index (χ4n) is 9.39. The van der Waals surface area contributed by atoms with Crippen LogP contribution in [0.3, 0.4) is 0 Å². The third-order valence-corrected chi connectivity index (χ3v) is 11.4. The molecular weight excluding hydrogens is 661 g/mol. The largest absolute Gasteiger partial charge is 0.277 e. The Morgan fingerprint density at radius 1 is 0.481 bits per heavy atom. The first-order chi connectivity index (χ1) is 26.8. The van der Waals surface area contributed by atoms with Gasteiger partial charge in [-0.25, -0.2) is 15.0 Å². The lowest BCUT2D eigenvalue weighted by molar-refractivity contribution is 0.795. The Morgan fingerprint density at radius 2 is 1.02 bits per heavy atom. The molecule has 0 aliphatic heterocycles. The first-order valence-electron chi connectivity index (χ1n) is 18.2. The average Bonchev–Trinajstić information content (AvgIpc) is 3.87. The molecule has 0 bridgehead atoms. The Morgan fingerprint density at radius 3 is 1.67 bits per heavy atom. The van der Waals surface area contributed by atoms with Crippen molar-refractivity contribution < 1.29 is 0 Å². The quantitative estimate of drug-likeness (QED) is 0.185. The highest BCUT2D eigenvalue weighted by atomic mass is 15.2. The van der Waals surface area contributed by atoms with Crippen molar-refractivity contribution in [3.05, 3.63) is 193 Å². The minimum atomic E-state index is -0.634. The monoisotopic (exact) mass is 688 g/mol. The molecule has 0 atom stereocenters. The van der Waals surface area contributed by atoms with Gasteiger partial charge in [0, 0.05) is 39.0 Å². The summed E-state index contributed by atoms with van der Waals surface area (Å²) in [6.45, 7) is 0. The lowest BCUT2D eigenvalue weighted by Gasteiger charge is -2.31. The van der Waals surface area contributed by atoms with E-state index < -0.39 is 5.41 Å². The van der Waals surface area contributed by atoms with Crippen LogP contribution in [0.1, 0.15) is 22.3 Å². The van der Waals surface area contributed by atoms with Gasteiger partial charge in [-0.15, -0.1) is 0 Å². The highest BCUT2D eigenvalue weighted by Crippen LogP contribution is 2.65. The van der Waals surface area contributed by atoms with Crippen LogP contribution in [0.25, 0.3) is 83.7 Å². The number of para-hydroxylation sites is 1. The Bertz CT molecular complexity index is 3060. The SMILES string of the molecule is c1ccc(-c2nc(-c3ccccc3)nc(-n3c4ccccc4c4c5ncncc5c5c(c43)C3(c4ccccc4-c4ccccc43)c3ccccc3-5)n2)cc1. The molecule has 54 heavy (non-hydrogen) atoms. The van der Waals surface area contributed by atoms with Gasteiger partial charge < -0.3 is 0 Å². The molecule has 0 saturated carbocycles. The zero-order valence-electron chi connectivity index (χ0n) is 28.8. The maximum Gasteiger partial charge on any atom is 0.238 e. The second-order valence-electron chi connectivity index (χ2n) is 14.0. The molecule has 0 N–H and O–H groups in total. The summed E-state index contributed by atoms with van der Waals surface area (Å²) in [4.78, 5) is 25.5. The number of benzene rings is 7. The maximum absolute atomic E-state index is 5.34. The molecule has 12 rings (SSSR count). The molecule has 6 heteroatoms. The minimum absolute atomic E-state index is 0.551. The van der Waals surface area contributed by atoms with Gasteiger partial charge in [-0.05, 0) is 45.0 Å². The van der Waals surface area contributed by atoms with Gasteiger partial charge in [-0.3, -0.25) is 4.57 Å². The molecule has 250 valence electrons. The molecule has 0 fully saturated rings. The van der Waals surface area contributed by atoms with Gasteiger partial charge in [0.15, 0.2) is 11.6 Å². The third-order valence-electron chi connectivity index (χ3n) is 11.4. The minimum Gasteiger partial charge on any atom is -0.277 e. The number of aromatic nitrogens is 6. The van der Waals surface area contributed by atoms with Crippen molar-refractivity contribution in [2.45, 2.75) is 5.41 Å². The van der Waals surface area contributed by atoms with Crippen LogP contribution in [-0.2, 0) is 5.41 Å². The molecule has 3 aromatic heterocycles. The van der Waals surface area contributed by atoms with Gasteiger partial charge in [-0.2, -0.15) is 9.97 Å². The standard InChI is InChI=1S/C48H28N6/c1-3-15-29(16-4-1)45-51-46(30-17-5-2-6-18-30)53-47(52-45)54-39-26-14-10-22-34(39)41-43-35(27-49-28-50-43)40-33-21-9-13-25-38(33)48(42(40)44(41)54)36-23-11-7-19-31(36)32-20-8-12-24-37(32)48/h1-28H. The van der Waals surface area contributed by atoms with E-state index in [-0.39, 0.29) is 0 Å². The lowest BCUT2D eigenvalue weighted by atomic mass is 9.70. The molecule has 3 heterocycles. The molecule has 2 aliphatic carbocycles. The molecule has 0 unspecified atom stereocenters. The first-order valence-corrected chi connectivity index (χ1v) is 18.2. The van der Waals surface area contributed by atoms with Crippen molar-refractivity contribution in [2.24, 2.45) is 0 Å². The lowest BCUT2D eigenvalue weighted by Crippen LogP contribution is -2.27. The van der Waals surface area contributed by atoms with Gasteiger partial charge in [-0.1, -0.05) is 152 Å². The van der Waals surface area contributed by atoms with Crippen LogP contribution in [0.4, 0.5) is 0 Å². The molecule has 10 aromatic rings. The molecule has 1 spiro atoms. The van der Waals surface area contributed by atoms with Crippen molar-refractivity contribution >= 4 is 32.7 Å². The number of hydrogen-bond acceptors (Lipinski definition) is 5. The smallest absolute Gasteiger partial charge is 0.238 e. The highest BCUT2D eigenvalue weighted by Gasteiger charge is 2.54. The Labute approximate surface area is 310 Å². The molecule has 2 aliphatic rings. The Balaban J connectivity index is 1.34. The topological polar surface area (TPSA) is 69.4 Å². The summed E-state index contributed by atoms with van der Waals surface area (Å²) in [7, 11) is 0. The highest BCUT2D eigenvalue weighted by molar-refractivity contribution is 6.26. The van der Waals surface area contributed by atoms with E-state index in [9.17, 15) is 0 Å². The van der Waals surface area contributed by atoms with E-state index in [1.807, 2.05) is 42.6 Å². The Kier molecular flexibility index (Phi) is 5.89. The molecule has 0 amide bonds. The number of hydrogen-bond donors (Lipinski definition) is 0. The van der Waals surface area contributed by atoms with Crippen LogP contribution < -0.4 is 0 Å². The first kappa shape index (κ1) is 29.3. The van der Waals surface area contributed by atoms with Crippen LogP contribution in [0.2, 0.25) is 0 Å². The summed E-state index contributed by atoms with van der Waals surface area (Å²) in [5, 5.41) is 3.16. The van der Waals surface area contributed by atoms with Crippen molar-refractivity contribution in [3.8, 4) is 51.0 Å². The fraction of sp³-hybridized carbons (Fsp3) is 0.0208. The van der Waals surface area contributed by atoms with E-state index in [4.69, 9.17) is 19.9 Å². The van der Waals surface area contributed by atoms with Crippen LogP contribution in [-0.4, -0.2) is 29.5 Å². The molecule has 7 aromatic carbocycles. The van der Waals surface area contributed by atoms with E-state index in [1.165, 1.54) is 38.9 Å². The predicted molar refractivity (Wildman–Crippen MR) is 214 cm³/mol. The van der Waals surface area contributed by atoms with Crippen molar-refractivity contribution in [3.63, 3.8) is 0 Å². The average molecular weight is 689 g/mol. The van der Waals surface area contributed by atoms with Gasteiger partial charge >= 0.3 is 0 Å². The summed E-state index contributed by atoms with van der Waals surface area (Å²) < 4.78 is 2.28. The van der Waals surface area contributed by atoms with E-state index in [0.29, 0.717) is 17.6 Å². The van der Waals surface area contributed by atoms with Crippen LogP contribution in [0.5, 0.6) is 0 Å². The fourth-order valence-corrected chi connectivity index (χ4v) is 9.39. The second kappa shape index (κ2) is 10.9. The van der Waals surface area contributed by atoms with Gasteiger partial charge in [0.1, 0.15) is 6.33 Å². The molecular formula is C48H28N6. The number of rotatable bonds is 3. The van der Waals surface area contributed by atoms with E-state index in [0.717, 1.165) is 49.4 Å². The predicted octanol–water partition coefficient (Wildman–Crippen LogP) is 10.6. The molecule has 0 radical (unpaired) electrons. The number of nitrogens with zero attached hydrogens (tertiary/aromatic N) is 6. The molecule has 0 saturated heterocycles. The van der Waals surface area contributed by atoms with Crippen molar-refractivity contribution in [1.29, 1.82) is 0 Å². The third kappa shape index (κ3) is 3.71. The summed E-state index contributed by atoms with van der Waals surface area (Å²) >= 11 is 0. The van der Waals surface area contributed by atoms with Gasteiger partial charge in [0.05, 0.1) is 22.0 Å². The summed E-state index contributed by atoms with van der Waals surface area (Å²) in [6, 6.07) is 55.6. The summed E-state index contributed by atoms with van der Waals surface area (Å²) in [6.07, 6.45) is 3.67. The van der Waals surface area contributed by atoms with Crippen LogP contribution in [0.15, 0.2) is 170 Å². The van der Waals surface area contributed by atoms with Crippen LogP contribution >= 0.6 is 0 Å². The van der Waals surface area contributed by atoms with E-state index in [1.54, 1.807) is 6.33 Å². The number of fused-ring (bicyclic) bond motifs is 17. The normalized spacial score (nSPS) is 13.3. The zero-order valence-corrected chi connectivity index (χ0v) is 28.8. The second-order valence-corrected chi connectivity index (χ2v) is 14.0. The van der Waals surface area contributed by atoms with Crippen LogP contribution in [0, 0.1) is 0 Å². The van der Waals surface area contributed by atoms with Gasteiger partial charge in [0.2, 0.25) is 5.95 Å². The van der Waals surface area contributed by atoms with E-state index >= 15 is 0 Å². The molecule has 6 nitrogen and oxygen atoms in total. The Hall–Kier alpha value is -7.31. The van der Waals surface area contributed by atoms with Gasteiger partial charge in [0.25, 0.3) is 0 Å². The maximum atomic E-state index is 5.34. The summed E-state index contributed by atoms with van der Waals surface area (Å²) in [5.74, 6) is 1.77. The van der Waals surface area contributed by atoms with Crippen molar-refractivity contribution in [2.75, 3.05) is 0 Å².